The number of ether oxygens (including phenoxy) is 2. The third-order valence-electron chi connectivity index (χ3n) is 7.67. The van der Waals surface area contributed by atoms with Crippen molar-refractivity contribution in [2.75, 3.05) is 13.2 Å². The maximum absolute atomic E-state index is 12.7. The number of ketones is 1. The molecule has 2 aliphatic heterocycles. The molecule has 0 bridgehead atoms. The number of aliphatic hydroxyl groups excluding tert-OH is 11. The highest BCUT2D eigenvalue weighted by Gasteiger charge is 2.53. The van der Waals surface area contributed by atoms with Crippen molar-refractivity contribution in [3.05, 3.63) is 70.7 Å². The molecule has 0 aromatic heterocycles. The summed E-state index contributed by atoms with van der Waals surface area (Å²) in [6.45, 7) is -1.67. The fourth-order valence-corrected chi connectivity index (χ4v) is 5.31. The summed E-state index contributed by atoms with van der Waals surface area (Å²) >= 11 is 0. The molecule has 12 atom stereocenters. The van der Waals surface area contributed by atoms with E-state index in [0.717, 1.165) is 12.2 Å². The minimum absolute atomic E-state index is 0. The van der Waals surface area contributed by atoms with E-state index in [2.05, 4.69) is 0 Å². The van der Waals surface area contributed by atoms with Gasteiger partial charge in [0.2, 0.25) is 0 Å². The third-order valence-corrected chi connectivity index (χ3v) is 7.67. The molecule has 2 saturated heterocycles. The van der Waals surface area contributed by atoms with Crippen LogP contribution >= 0.6 is 0 Å². The molecule has 0 saturated carbocycles. The molecule has 1 aromatic carbocycles. The quantitative estimate of drug-likeness (QED) is 0.113. The lowest BCUT2D eigenvalue weighted by molar-refractivity contribution is -0.225. The Morgan fingerprint density at radius 3 is 1.76 bits per heavy atom. The molecule has 4 unspecified atom stereocenters. The number of aliphatic hydroxyl groups is 11. The first-order chi connectivity index (χ1) is 19.4. The Hall–Kier alpha value is -2.73. The number of hydrogen-bond acceptors (Lipinski definition) is 14. The highest BCUT2D eigenvalue weighted by Crippen LogP contribution is 2.42. The molecule has 0 radical (unpaired) electrons. The number of allylic oxidation sites excluding steroid dienone is 1. The molecule has 14 heteroatoms. The molecule has 4 rings (SSSR count). The number of hydrogen-bond donors (Lipinski definition) is 11. The lowest BCUT2D eigenvalue weighted by atomic mass is 9.76. The molecule has 0 spiro atoms. The van der Waals surface area contributed by atoms with Crippen molar-refractivity contribution in [2.24, 2.45) is 5.92 Å². The second-order valence-corrected chi connectivity index (χ2v) is 10.2. The van der Waals surface area contributed by atoms with Crippen LogP contribution in [-0.4, -0.2) is 142 Å². The first kappa shape index (κ1) is 33.8. The standard InChI is InChI=1S/C27H34O14.CH4/c28-8-13-19(33)22(36)24(38)26(40-13)15-17(31)11(6-7-12(30)10-4-2-1-3-5-10)18(32)16(21(15)35)27-25(39)23(37)20(34)14(9-29)41-27;/h1-7,11,13-14,17,19-20,22-29,31-39H,8-9H2;1H4/t11?,13-,14-,17?,19-,20-,22+,23+,24-,25-,26?,27?;/m1./s1. The smallest absolute Gasteiger partial charge is 0.185 e. The number of benzene rings is 1. The van der Waals surface area contributed by atoms with Crippen LogP contribution in [-0.2, 0) is 9.47 Å². The number of rotatable bonds is 7. The maximum Gasteiger partial charge on any atom is 0.185 e. The Bertz CT molecular complexity index is 1180. The van der Waals surface area contributed by atoms with Gasteiger partial charge in [-0.3, -0.25) is 4.79 Å². The Morgan fingerprint density at radius 2 is 1.24 bits per heavy atom. The zero-order chi connectivity index (χ0) is 30.2. The van der Waals surface area contributed by atoms with Gasteiger partial charge in [-0.2, -0.15) is 0 Å². The van der Waals surface area contributed by atoms with E-state index in [4.69, 9.17) is 9.47 Å². The molecule has 42 heavy (non-hydrogen) atoms. The summed E-state index contributed by atoms with van der Waals surface area (Å²) in [6, 6.07) is 7.95. The van der Waals surface area contributed by atoms with E-state index < -0.39 is 115 Å². The van der Waals surface area contributed by atoms with Gasteiger partial charge in [0.1, 0.15) is 72.6 Å². The molecular weight excluding hydrogens is 560 g/mol. The van der Waals surface area contributed by atoms with Crippen molar-refractivity contribution in [3.63, 3.8) is 0 Å². The summed E-state index contributed by atoms with van der Waals surface area (Å²) in [5.41, 5.74) is -0.950. The maximum atomic E-state index is 12.7. The molecule has 1 aliphatic carbocycles. The van der Waals surface area contributed by atoms with Gasteiger partial charge < -0.3 is 65.6 Å². The minimum atomic E-state index is -1.99. The van der Waals surface area contributed by atoms with Crippen LogP contribution in [0, 0.1) is 5.92 Å². The molecule has 2 fully saturated rings. The van der Waals surface area contributed by atoms with Crippen molar-refractivity contribution in [2.45, 2.75) is 74.6 Å². The highest BCUT2D eigenvalue weighted by atomic mass is 16.6. The van der Waals surface area contributed by atoms with Crippen molar-refractivity contribution in [1.82, 2.24) is 0 Å². The van der Waals surface area contributed by atoms with Crippen LogP contribution in [0.1, 0.15) is 17.8 Å². The van der Waals surface area contributed by atoms with Crippen molar-refractivity contribution >= 4 is 5.78 Å². The van der Waals surface area contributed by atoms with Crippen LogP contribution in [0.3, 0.4) is 0 Å². The van der Waals surface area contributed by atoms with Gasteiger partial charge in [-0.05, 0) is 6.08 Å². The van der Waals surface area contributed by atoms with E-state index >= 15 is 0 Å². The van der Waals surface area contributed by atoms with Crippen LogP contribution in [0.5, 0.6) is 0 Å². The average Bonchev–Trinajstić information content (AvgIpc) is 2.97. The van der Waals surface area contributed by atoms with Gasteiger partial charge in [0.05, 0.1) is 30.8 Å². The molecule has 3 aliphatic rings. The van der Waals surface area contributed by atoms with Gasteiger partial charge in [0, 0.05) is 11.1 Å². The molecule has 11 N–H and O–H groups in total. The predicted molar refractivity (Wildman–Crippen MR) is 143 cm³/mol. The molecule has 2 heterocycles. The second-order valence-electron chi connectivity index (χ2n) is 10.2. The van der Waals surface area contributed by atoms with E-state index in [1.807, 2.05) is 0 Å². The van der Waals surface area contributed by atoms with Gasteiger partial charge in [-0.15, -0.1) is 0 Å². The first-order valence-electron chi connectivity index (χ1n) is 12.9. The number of carbonyl (C=O) groups is 1. The fourth-order valence-electron chi connectivity index (χ4n) is 5.31. The van der Waals surface area contributed by atoms with E-state index in [9.17, 15) is 61.0 Å². The largest absolute Gasteiger partial charge is 0.511 e. The van der Waals surface area contributed by atoms with Crippen molar-refractivity contribution in [1.29, 1.82) is 0 Å². The highest BCUT2D eigenvalue weighted by molar-refractivity contribution is 6.04. The van der Waals surface area contributed by atoms with Crippen molar-refractivity contribution in [3.8, 4) is 0 Å². The summed E-state index contributed by atoms with van der Waals surface area (Å²) in [7, 11) is 0. The molecule has 0 amide bonds. The lowest BCUT2D eigenvalue weighted by Gasteiger charge is -2.45. The van der Waals surface area contributed by atoms with E-state index in [0.29, 0.717) is 0 Å². The fraction of sp³-hybridized carbons (Fsp3) is 0.536. The summed E-state index contributed by atoms with van der Waals surface area (Å²) in [4.78, 5) is 12.7. The summed E-state index contributed by atoms with van der Waals surface area (Å²) < 4.78 is 11.0. The molecular formula is C28H38O14. The number of carbonyl (C=O) groups excluding carboxylic acids is 1. The summed E-state index contributed by atoms with van der Waals surface area (Å²) in [5, 5.41) is 116. The second kappa shape index (κ2) is 13.7. The summed E-state index contributed by atoms with van der Waals surface area (Å²) in [5.74, 6) is -3.93. The van der Waals surface area contributed by atoms with Crippen LogP contribution < -0.4 is 0 Å². The van der Waals surface area contributed by atoms with Crippen LogP contribution in [0.4, 0.5) is 0 Å². The third kappa shape index (κ3) is 6.02. The first-order valence-corrected chi connectivity index (χ1v) is 12.9. The van der Waals surface area contributed by atoms with Gasteiger partial charge in [-0.25, -0.2) is 0 Å². The Kier molecular flexibility index (Phi) is 11.0. The van der Waals surface area contributed by atoms with Gasteiger partial charge >= 0.3 is 0 Å². The zero-order valence-corrected chi connectivity index (χ0v) is 21.5. The van der Waals surface area contributed by atoms with Gasteiger partial charge in [-0.1, -0.05) is 43.8 Å². The monoisotopic (exact) mass is 598 g/mol. The predicted octanol–water partition coefficient (Wildman–Crippen LogP) is -2.64. The molecule has 14 nitrogen and oxygen atoms in total. The molecule has 1 aromatic rings. The zero-order valence-electron chi connectivity index (χ0n) is 21.5. The van der Waals surface area contributed by atoms with Gasteiger partial charge in [0.25, 0.3) is 0 Å². The Labute approximate surface area is 241 Å². The SMILES string of the molecule is C.O=C(C=CC1C(O)=C(C2O[C@H](CO)[C@@H](O)[C@H](O)[C@H]2O)C(O)=C(C2O[C@H](CO)[C@@H](O)[C@H](O)[C@H]2O)C1O)c1ccccc1. The van der Waals surface area contributed by atoms with Crippen LogP contribution in [0.15, 0.2) is 65.1 Å². The van der Waals surface area contributed by atoms with E-state index in [1.54, 1.807) is 18.2 Å². The van der Waals surface area contributed by atoms with Gasteiger partial charge in [0.15, 0.2) is 5.78 Å². The van der Waals surface area contributed by atoms with Crippen molar-refractivity contribution < 1.29 is 70.4 Å². The average molecular weight is 599 g/mol. The summed E-state index contributed by atoms with van der Waals surface area (Å²) in [6.07, 6.45) is -17.7. The van der Waals surface area contributed by atoms with Crippen LogP contribution in [0.25, 0.3) is 0 Å². The normalized spacial score (nSPS) is 39.4. The van der Waals surface area contributed by atoms with E-state index in [-0.39, 0.29) is 13.0 Å². The lowest BCUT2D eigenvalue weighted by Crippen LogP contribution is -2.61. The Morgan fingerprint density at radius 1 is 0.738 bits per heavy atom. The minimum Gasteiger partial charge on any atom is -0.511 e. The van der Waals surface area contributed by atoms with E-state index in [1.165, 1.54) is 12.1 Å². The Balaban J connectivity index is 0.00000484. The molecule has 234 valence electrons. The van der Waals surface area contributed by atoms with Crippen LogP contribution in [0.2, 0.25) is 0 Å². The topological polar surface area (TPSA) is 258 Å².